The second kappa shape index (κ2) is 8.28. The number of hydrogen-bond donors (Lipinski definition) is 1. The maximum atomic E-state index is 13.1. The molecule has 0 bridgehead atoms. The Labute approximate surface area is 169 Å². The van der Waals surface area contributed by atoms with Gasteiger partial charge in [0.1, 0.15) is 0 Å². The van der Waals surface area contributed by atoms with Crippen LogP contribution in [0.5, 0.6) is 0 Å². The molecule has 154 valence electrons. The van der Waals surface area contributed by atoms with Crippen LogP contribution >= 0.6 is 0 Å². The minimum Gasteiger partial charge on any atom is -0.378 e. The lowest BCUT2D eigenvalue weighted by atomic mass is 9.99. The van der Waals surface area contributed by atoms with Crippen LogP contribution in [0.25, 0.3) is 0 Å². The summed E-state index contributed by atoms with van der Waals surface area (Å²) in [4.78, 5) is 38.6. The van der Waals surface area contributed by atoms with Gasteiger partial charge >= 0.3 is 0 Å². The van der Waals surface area contributed by atoms with Gasteiger partial charge in [-0.05, 0) is 33.1 Å². The van der Waals surface area contributed by atoms with Crippen LogP contribution in [0.15, 0.2) is 12.4 Å². The first-order chi connectivity index (χ1) is 14.1. The van der Waals surface area contributed by atoms with Crippen molar-refractivity contribution < 1.29 is 14.3 Å². The van der Waals surface area contributed by atoms with E-state index in [1.807, 2.05) is 18.7 Å². The Morgan fingerprint density at radius 1 is 1.07 bits per heavy atom. The Balaban J connectivity index is 1.57. The van der Waals surface area contributed by atoms with Crippen molar-refractivity contribution >= 4 is 11.8 Å². The molecule has 2 aromatic heterocycles. The number of H-pyrrole nitrogens is 1. The van der Waals surface area contributed by atoms with Crippen molar-refractivity contribution in [1.29, 1.82) is 0 Å². The van der Waals surface area contributed by atoms with Crippen molar-refractivity contribution in [3.05, 3.63) is 40.7 Å². The Morgan fingerprint density at radius 3 is 2.55 bits per heavy atom. The van der Waals surface area contributed by atoms with E-state index >= 15 is 0 Å². The van der Waals surface area contributed by atoms with Gasteiger partial charge in [-0.2, -0.15) is 5.10 Å². The minimum absolute atomic E-state index is 0.0596. The Hall–Kier alpha value is -2.81. The molecule has 0 aromatic carbocycles. The molecule has 0 aliphatic carbocycles. The highest BCUT2D eigenvalue weighted by atomic mass is 16.5. The second-order valence-electron chi connectivity index (χ2n) is 7.55. The third kappa shape index (κ3) is 3.87. The van der Waals surface area contributed by atoms with E-state index in [-0.39, 0.29) is 17.9 Å². The third-order valence-electron chi connectivity index (χ3n) is 5.65. The zero-order chi connectivity index (χ0) is 20.4. The van der Waals surface area contributed by atoms with Crippen LogP contribution in [0, 0.1) is 13.8 Å². The molecule has 4 rings (SSSR count). The van der Waals surface area contributed by atoms with Gasteiger partial charge in [0.25, 0.3) is 11.8 Å². The number of aromatic nitrogens is 4. The molecule has 9 heteroatoms. The number of hydrogen-bond acceptors (Lipinski definition) is 6. The number of piperidine rings is 1. The molecule has 1 N–H and O–H groups in total. The smallest absolute Gasteiger partial charge is 0.257 e. The van der Waals surface area contributed by atoms with E-state index in [1.54, 1.807) is 17.3 Å². The zero-order valence-corrected chi connectivity index (χ0v) is 16.8. The maximum absolute atomic E-state index is 13.1. The van der Waals surface area contributed by atoms with E-state index in [2.05, 4.69) is 20.2 Å². The number of rotatable bonds is 3. The molecule has 4 heterocycles. The van der Waals surface area contributed by atoms with Crippen molar-refractivity contribution in [2.24, 2.45) is 0 Å². The van der Waals surface area contributed by atoms with Crippen LogP contribution in [0.1, 0.15) is 63.2 Å². The summed E-state index contributed by atoms with van der Waals surface area (Å²) >= 11 is 0. The van der Waals surface area contributed by atoms with Crippen molar-refractivity contribution in [3.63, 3.8) is 0 Å². The van der Waals surface area contributed by atoms with Crippen LogP contribution in [0.4, 0.5) is 0 Å². The average molecular weight is 398 g/mol. The minimum atomic E-state index is -0.197. The number of nitrogens with zero attached hydrogens (tertiary/aromatic N) is 5. The Bertz CT molecular complexity index is 905. The summed E-state index contributed by atoms with van der Waals surface area (Å²) in [6.07, 6.45) is 5.94. The van der Waals surface area contributed by atoms with E-state index in [1.165, 1.54) is 0 Å². The van der Waals surface area contributed by atoms with Crippen molar-refractivity contribution in [2.45, 2.75) is 39.2 Å². The summed E-state index contributed by atoms with van der Waals surface area (Å²) in [6.45, 7) is 6.58. The third-order valence-corrected chi connectivity index (χ3v) is 5.65. The van der Waals surface area contributed by atoms with Gasteiger partial charge in [-0.15, -0.1) is 0 Å². The Kier molecular flexibility index (Phi) is 5.57. The lowest BCUT2D eigenvalue weighted by Crippen LogP contribution is -2.41. The zero-order valence-electron chi connectivity index (χ0n) is 16.8. The fourth-order valence-corrected chi connectivity index (χ4v) is 3.96. The fraction of sp³-hybridized carbons (Fsp3) is 0.550. The van der Waals surface area contributed by atoms with E-state index in [0.29, 0.717) is 55.5 Å². The lowest BCUT2D eigenvalue weighted by molar-refractivity contribution is 0.0301. The van der Waals surface area contributed by atoms with Gasteiger partial charge in [0.2, 0.25) is 0 Å². The molecule has 2 aromatic rings. The average Bonchev–Trinajstić information content (AvgIpc) is 3.19. The molecule has 29 heavy (non-hydrogen) atoms. The number of carbonyl (C=O) groups excluding carboxylic acids is 2. The number of aryl methyl sites for hydroxylation is 2. The highest BCUT2D eigenvalue weighted by Gasteiger charge is 2.32. The van der Waals surface area contributed by atoms with E-state index in [9.17, 15) is 9.59 Å². The van der Waals surface area contributed by atoms with Crippen LogP contribution in [0.2, 0.25) is 0 Å². The highest BCUT2D eigenvalue weighted by molar-refractivity contribution is 5.96. The predicted octanol–water partition coefficient (Wildman–Crippen LogP) is 1.66. The van der Waals surface area contributed by atoms with Crippen LogP contribution in [0.3, 0.4) is 0 Å². The quantitative estimate of drug-likeness (QED) is 0.843. The largest absolute Gasteiger partial charge is 0.378 e. The molecule has 0 spiro atoms. The first-order valence-electron chi connectivity index (χ1n) is 10.1. The molecule has 0 unspecified atom stereocenters. The van der Waals surface area contributed by atoms with Gasteiger partial charge in [-0.3, -0.25) is 14.7 Å². The van der Waals surface area contributed by atoms with Crippen LogP contribution in [-0.2, 0) is 4.74 Å². The molecule has 9 nitrogen and oxygen atoms in total. The van der Waals surface area contributed by atoms with Crippen molar-refractivity contribution in [2.75, 3.05) is 32.8 Å². The highest BCUT2D eigenvalue weighted by Crippen LogP contribution is 2.31. The van der Waals surface area contributed by atoms with Crippen LogP contribution < -0.4 is 0 Å². The first-order valence-corrected chi connectivity index (χ1v) is 10.1. The van der Waals surface area contributed by atoms with Gasteiger partial charge in [-0.1, -0.05) is 0 Å². The molecule has 0 radical (unpaired) electrons. The predicted molar refractivity (Wildman–Crippen MR) is 104 cm³/mol. The molecule has 2 aliphatic heterocycles. The first kappa shape index (κ1) is 19.5. The lowest BCUT2D eigenvalue weighted by Gasteiger charge is -2.35. The molecule has 0 saturated carbocycles. The normalized spacial score (nSPS) is 20.0. The number of nitrogens with one attached hydrogen (secondary N) is 1. The van der Waals surface area contributed by atoms with Gasteiger partial charge in [0.05, 0.1) is 42.3 Å². The summed E-state index contributed by atoms with van der Waals surface area (Å²) in [5, 5.41) is 6.79. The van der Waals surface area contributed by atoms with Crippen molar-refractivity contribution in [3.8, 4) is 0 Å². The molecule has 2 amide bonds. The molecular weight excluding hydrogens is 372 g/mol. The molecule has 2 fully saturated rings. The summed E-state index contributed by atoms with van der Waals surface area (Å²) in [5.74, 6) is 0.467. The molecule has 2 aliphatic rings. The van der Waals surface area contributed by atoms with E-state index < -0.39 is 0 Å². The van der Waals surface area contributed by atoms with Crippen LogP contribution in [-0.4, -0.2) is 74.6 Å². The van der Waals surface area contributed by atoms with E-state index in [0.717, 1.165) is 25.0 Å². The number of carbonyl (C=O) groups is 2. The fourth-order valence-electron chi connectivity index (χ4n) is 3.96. The summed E-state index contributed by atoms with van der Waals surface area (Å²) in [6, 6.07) is -0.197. The number of likely N-dealkylation sites (tertiary alicyclic amines) is 1. The van der Waals surface area contributed by atoms with Crippen molar-refractivity contribution in [1.82, 2.24) is 30.0 Å². The maximum Gasteiger partial charge on any atom is 0.257 e. The Morgan fingerprint density at radius 2 is 1.86 bits per heavy atom. The number of morpholine rings is 1. The molecule has 2 saturated heterocycles. The van der Waals surface area contributed by atoms with Gasteiger partial charge in [-0.25, -0.2) is 9.97 Å². The topological polar surface area (TPSA) is 104 Å². The van der Waals surface area contributed by atoms with Gasteiger partial charge in [0.15, 0.2) is 5.82 Å². The summed E-state index contributed by atoms with van der Waals surface area (Å²) in [7, 11) is 0. The van der Waals surface area contributed by atoms with Gasteiger partial charge in [0, 0.05) is 31.5 Å². The van der Waals surface area contributed by atoms with E-state index in [4.69, 9.17) is 4.74 Å². The number of aromatic amines is 1. The monoisotopic (exact) mass is 398 g/mol. The second-order valence-corrected chi connectivity index (χ2v) is 7.55. The number of ether oxygens (including phenoxy) is 1. The standard InChI is InChI=1S/C20H26N6O3/c1-13-15(19(27)25-7-9-29-10-8-25)11-21-18(23-13)17-5-3-4-6-26(17)20(28)16-12-22-24-14(16)2/h11-12,17H,3-10H2,1-2H3,(H,22,24)/t17-/m1/s1. The summed E-state index contributed by atoms with van der Waals surface area (Å²) < 4.78 is 5.32. The van der Waals surface area contributed by atoms with Gasteiger partial charge < -0.3 is 14.5 Å². The molecule has 1 atom stereocenters. The summed E-state index contributed by atoms with van der Waals surface area (Å²) in [5.41, 5.74) is 2.48. The number of amides is 2. The molecular formula is C20H26N6O3. The SMILES string of the molecule is Cc1nc([C@H]2CCCCN2C(=O)c2cn[nH]c2C)ncc1C(=O)N1CCOCC1.